The lowest BCUT2D eigenvalue weighted by atomic mass is 10.1. The van der Waals surface area contributed by atoms with Crippen LogP contribution in [0.25, 0.3) is 0 Å². The number of nitrogens with zero attached hydrogens (tertiary/aromatic N) is 1. The van der Waals surface area contributed by atoms with Gasteiger partial charge in [0.25, 0.3) is 0 Å². The van der Waals surface area contributed by atoms with E-state index >= 15 is 0 Å². The molecule has 0 aliphatic heterocycles. The second-order valence-corrected chi connectivity index (χ2v) is 6.54. The molecule has 0 saturated heterocycles. The molecule has 1 saturated carbocycles. The van der Waals surface area contributed by atoms with Gasteiger partial charge in [-0.2, -0.15) is 0 Å². The van der Waals surface area contributed by atoms with E-state index in [0.29, 0.717) is 6.04 Å². The Balaban J connectivity index is 2.49. The lowest BCUT2D eigenvalue weighted by Crippen LogP contribution is -2.49. The lowest BCUT2D eigenvalue weighted by Gasteiger charge is -2.34. The molecule has 108 valence electrons. The Morgan fingerprint density at radius 3 is 2.44 bits per heavy atom. The van der Waals surface area contributed by atoms with E-state index in [-0.39, 0.29) is 5.54 Å². The molecule has 1 fully saturated rings. The topological polar surface area (TPSA) is 24.5 Å². The molecule has 1 atom stereocenters. The van der Waals surface area contributed by atoms with Crippen molar-refractivity contribution < 1.29 is 4.74 Å². The van der Waals surface area contributed by atoms with Crippen molar-refractivity contribution in [3.8, 4) is 0 Å². The average Bonchev–Trinajstić information content (AvgIpc) is 3.09. The zero-order valence-electron chi connectivity index (χ0n) is 13.0. The molecule has 0 amide bonds. The smallest absolute Gasteiger partial charge is 0.0589 e. The first kappa shape index (κ1) is 15.9. The van der Waals surface area contributed by atoms with Gasteiger partial charge >= 0.3 is 0 Å². The summed E-state index contributed by atoms with van der Waals surface area (Å²) in [5.74, 6) is 0. The van der Waals surface area contributed by atoms with Crippen molar-refractivity contribution >= 4 is 0 Å². The highest BCUT2D eigenvalue weighted by atomic mass is 16.5. The van der Waals surface area contributed by atoms with Crippen molar-refractivity contribution in [3.05, 3.63) is 0 Å². The first-order valence-corrected chi connectivity index (χ1v) is 7.47. The molecule has 3 heteroatoms. The molecule has 0 aromatic heterocycles. The summed E-state index contributed by atoms with van der Waals surface area (Å²) in [6, 6.07) is 1.48. The molecule has 0 spiro atoms. The van der Waals surface area contributed by atoms with Crippen molar-refractivity contribution in [1.29, 1.82) is 0 Å². The largest absolute Gasteiger partial charge is 0.383 e. The molecule has 1 aliphatic carbocycles. The fraction of sp³-hybridized carbons (Fsp3) is 1.00. The predicted molar refractivity (Wildman–Crippen MR) is 78.1 cm³/mol. The molecule has 1 rings (SSSR count). The Morgan fingerprint density at radius 2 is 2.00 bits per heavy atom. The molecule has 1 aliphatic rings. The summed E-state index contributed by atoms with van der Waals surface area (Å²) in [5.41, 5.74) is 0.211. The third-order valence-corrected chi connectivity index (χ3v) is 3.53. The minimum absolute atomic E-state index is 0.211. The van der Waals surface area contributed by atoms with Crippen molar-refractivity contribution in [2.24, 2.45) is 0 Å². The molecule has 0 bridgehead atoms. The zero-order valence-corrected chi connectivity index (χ0v) is 13.0. The summed E-state index contributed by atoms with van der Waals surface area (Å²) in [6.45, 7) is 12.0. The van der Waals surface area contributed by atoms with Crippen LogP contribution in [-0.4, -0.2) is 49.3 Å². The van der Waals surface area contributed by atoms with Gasteiger partial charge in [-0.05, 0) is 40.0 Å². The Labute approximate surface area is 113 Å². The molecule has 0 aromatic carbocycles. The molecule has 1 N–H and O–H groups in total. The van der Waals surface area contributed by atoms with E-state index in [2.05, 4.69) is 37.9 Å². The third kappa shape index (κ3) is 6.17. The predicted octanol–water partition coefficient (Wildman–Crippen LogP) is 2.65. The fourth-order valence-electron chi connectivity index (χ4n) is 2.41. The minimum Gasteiger partial charge on any atom is -0.383 e. The Hall–Kier alpha value is -0.120. The van der Waals surface area contributed by atoms with Gasteiger partial charge in [0.05, 0.1) is 6.61 Å². The van der Waals surface area contributed by atoms with Crippen LogP contribution in [0.2, 0.25) is 0 Å². The maximum atomic E-state index is 5.26. The van der Waals surface area contributed by atoms with Crippen LogP contribution in [0, 0.1) is 0 Å². The summed E-state index contributed by atoms with van der Waals surface area (Å²) >= 11 is 0. The fourth-order valence-corrected chi connectivity index (χ4v) is 2.41. The number of hydrogen-bond donors (Lipinski definition) is 1. The van der Waals surface area contributed by atoms with Gasteiger partial charge in [0, 0.05) is 37.8 Å². The van der Waals surface area contributed by atoms with E-state index < -0.39 is 0 Å². The minimum atomic E-state index is 0.211. The van der Waals surface area contributed by atoms with Gasteiger partial charge in [0.2, 0.25) is 0 Å². The van der Waals surface area contributed by atoms with Gasteiger partial charge in [-0.15, -0.1) is 0 Å². The number of methoxy groups -OCH3 is 1. The average molecular weight is 256 g/mol. The number of ether oxygens (including phenoxy) is 1. The van der Waals surface area contributed by atoms with Gasteiger partial charge in [-0.3, -0.25) is 4.90 Å². The molecule has 0 aromatic rings. The highest BCUT2D eigenvalue weighted by Crippen LogP contribution is 2.29. The van der Waals surface area contributed by atoms with Crippen molar-refractivity contribution in [3.63, 3.8) is 0 Å². The van der Waals surface area contributed by atoms with E-state index in [1.54, 1.807) is 7.11 Å². The third-order valence-electron chi connectivity index (χ3n) is 3.53. The van der Waals surface area contributed by atoms with Crippen molar-refractivity contribution in [2.45, 2.75) is 71.0 Å². The SMILES string of the molecule is CCCC(CNC(C)(C)C)N(CCOC)C1CC1. The Bertz CT molecular complexity index is 221. The molecule has 1 unspecified atom stereocenters. The number of hydrogen-bond acceptors (Lipinski definition) is 3. The Kier molecular flexibility index (Phi) is 6.61. The van der Waals surface area contributed by atoms with E-state index in [9.17, 15) is 0 Å². The first-order chi connectivity index (χ1) is 8.48. The molecule has 18 heavy (non-hydrogen) atoms. The van der Waals surface area contributed by atoms with Crippen LogP contribution in [0.15, 0.2) is 0 Å². The molecule has 0 radical (unpaired) electrons. The summed E-state index contributed by atoms with van der Waals surface area (Å²) in [5, 5.41) is 3.66. The van der Waals surface area contributed by atoms with Gasteiger partial charge in [0.1, 0.15) is 0 Å². The van der Waals surface area contributed by atoms with Crippen LogP contribution in [-0.2, 0) is 4.74 Å². The molecular formula is C15H32N2O. The van der Waals surface area contributed by atoms with Gasteiger partial charge < -0.3 is 10.1 Å². The normalized spacial score (nSPS) is 18.3. The van der Waals surface area contributed by atoms with Gasteiger partial charge in [-0.25, -0.2) is 0 Å². The standard InChI is InChI=1S/C15H32N2O/c1-6-7-14(12-16-15(2,3)4)17(10-11-18-5)13-8-9-13/h13-14,16H,6-12H2,1-5H3. The van der Waals surface area contributed by atoms with E-state index in [1.165, 1.54) is 25.7 Å². The van der Waals surface area contributed by atoms with Gasteiger partial charge in [-0.1, -0.05) is 13.3 Å². The number of rotatable bonds is 9. The van der Waals surface area contributed by atoms with E-state index in [1.807, 2.05) is 0 Å². The Morgan fingerprint density at radius 1 is 1.33 bits per heavy atom. The van der Waals surface area contributed by atoms with E-state index in [0.717, 1.165) is 25.7 Å². The van der Waals surface area contributed by atoms with Crippen LogP contribution < -0.4 is 5.32 Å². The maximum Gasteiger partial charge on any atom is 0.0589 e. The molecule has 3 nitrogen and oxygen atoms in total. The van der Waals surface area contributed by atoms with Crippen LogP contribution in [0.4, 0.5) is 0 Å². The van der Waals surface area contributed by atoms with Crippen LogP contribution in [0.3, 0.4) is 0 Å². The van der Waals surface area contributed by atoms with E-state index in [4.69, 9.17) is 4.74 Å². The first-order valence-electron chi connectivity index (χ1n) is 7.47. The summed E-state index contributed by atoms with van der Waals surface area (Å²) in [7, 11) is 1.80. The van der Waals surface area contributed by atoms with Crippen LogP contribution in [0.1, 0.15) is 53.4 Å². The molecule has 0 heterocycles. The summed E-state index contributed by atoms with van der Waals surface area (Å²) < 4.78 is 5.26. The molecular weight excluding hydrogens is 224 g/mol. The highest BCUT2D eigenvalue weighted by Gasteiger charge is 2.33. The summed E-state index contributed by atoms with van der Waals surface area (Å²) in [4.78, 5) is 2.67. The summed E-state index contributed by atoms with van der Waals surface area (Å²) in [6.07, 6.45) is 5.29. The van der Waals surface area contributed by atoms with Crippen LogP contribution >= 0.6 is 0 Å². The van der Waals surface area contributed by atoms with Crippen molar-refractivity contribution in [1.82, 2.24) is 10.2 Å². The van der Waals surface area contributed by atoms with Gasteiger partial charge in [0.15, 0.2) is 0 Å². The number of nitrogens with one attached hydrogen (secondary N) is 1. The van der Waals surface area contributed by atoms with Crippen LogP contribution in [0.5, 0.6) is 0 Å². The lowest BCUT2D eigenvalue weighted by molar-refractivity contribution is 0.105. The second-order valence-electron chi connectivity index (χ2n) is 6.54. The quantitative estimate of drug-likeness (QED) is 0.686. The second kappa shape index (κ2) is 7.46. The monoisotopic (exact) mass is 256 g/mol. The zero-order chi connectivity index (χ0) is 13.6. The highest BCUT2D eigenvalue weighted by molar-refractivity contribution is 4.90. The van der Waals surface area contributed by atoms with Crippen molar-refractivity contribution in [2.75, 3.05) is 26.8 Å². The maximum absolute atomic E-state index is 5.26.